The maximum atomic E-state index is 11.0. The molecule has 0 fully saturated rings. The summed E-state index contributed by atoms with van der Waals surface area (Å²) < 4.78 is 0. The van der Waals surface area contributed by atoms with Crippen LogP contribution in [0.4, 0.5) is 17.1 Å². The highest BCUT2D eigenvalue weighted by Crippen LogP contribution is 2.25. The van der Waals surface area contributed by atoms with Crippen LogP contribution in [0.2, 0.25) is 0 Å². The van der Waals surface area contributed by atoms with Gasteiger partial charge in [0.25, 0.3) is 5.69 Å². The van der Waals surface area contributed by atoms with Crippen LogP contribution in [0.25, 0.3) is 0 Å². The Bertz CT molecular complexity index is 449. The number of rotatable bonds is 10. The Balaban J connectivity index is 2.74. The predicted molar refractivity (Wildman–Crippen MR) is 89.1 cm³/mol. The van der Waals surface area contributed by atoms with Crippen LogP contribution >= 0.6 is 0 Å². The van der Waals surface area contributed by atoms with Gasteiger partial charge in [0.1, 0.15) is 0 Å². The average molecular weight is 293 g/mol. The van der Waals surface area contributed by atoms with E-state index in [1.54, 1.807) is 12.1 Å². The SMILES string of the molecule is CCCCC(CC)CNc1cc(NCC)cc([N+](=O)[O-])c1. The Hall–Kier alpha value is -1.78. The molecule has 0 radical (unpaired) electrons. The summed E-state index contributed by atoms with van der Waals surface area (Å²) in [6, 6.07) is 5.11. The Kier molecular flexibility index (Phi) is 7.58. The highest BCUT2D eigenvalue weighted by atomic mass is 16.6. The van der Waals surface area contributed by atoms with Crippen molar-refractivity contribution in [3.63, 3.8) is 0 Å². The second-order valence-electron chi connectivity index (χ2n) is 5.35. The van der Waals surface area contributed by atoms with E-state index in [9.17, 15) is 10.1 Å². The number of unbranched alkanes of at least 4 members (excludes halogenated alkanes) is 1. The molecule has 1 aromatic rings. The molecule has 0 aliphatic heterocycles. The van der Waals surface area contributed by atoms with Gasteiger partial charge in [-0.05, 0) is 25.3 Å². The van der Waals surface area contributed by atoms with E-state index in [-0.39, 0.29) is 10.6 Å². The van der Waals surface area contributed by atoms with Crippen LogP contribution in [0.3, 0.4) is 0 Å². The van der Waals surface area contributed by atoms with E-state index in [0.717, 1.165) is 30.9 Å². The summed E-state index contributed by atoms with van der Waals surface area (Å²) >= 11 is 0. The van der Waals surface area contributed by atoms with Gasteiger partial charge in [-0.1, -0.05) is 33.1 Å². The van der Waals surface area contributed by atoms with Crippen LogP contribution in [-0.2, 0) is 0 Å². The molecule has 5 nitrogen and oxygen atoms in total. The van der Waals surface area contributed by atoms with E-state index in [1.807, 2.05) is 13.0 Å². The van der Waals surface area contributed by atoms with E-state index in [2.05, 4.69) is 24.5 Å². The summed E-state index contributed by atoms with van der Waals surface area (Å²) in [6.45, 7) is 7.98. The molecular weight excluding hydrogens is 266 g/mol. The van der Waals surface area contributed by atoms with E-state index < -0.39 is 0 Å². The molecule has 0 heterocycles. The summed E-state index contributed by atoms with van der Waals surface area (Å²) in [4.78, 5) is 10.6. The number of anilines is 2. The van der Waals surface area contributed by atoms with Crippen LogP contribution in [-0.4, -0.2) is 18.0 Å². The van der Waals surface area contributed by atoms with Crippen molar-refractivity contribution in [2.75, 3.05) is 23.7 Å². The van der Waals surface area contributed by atoms with Crippen LogP contribution in [0.15, 0.2) is 18.2 Å². The zero-order chi connectivity index (χ0) is 15.7. The van der Waals surface area contributed by atoms with Gasteiger partial charge in [-0.15, -0.1) is 0 Å². The molecular formula is C16H27N3O2. The lowest BCUT2D eigenvalue weighted by Crippen LogP contribution is -2.14. The molecule has 0 aliphatic carbocycles. The first kappa shape index (κ1) is 17.3. The molecule has 0 bridgehead atoms. The van der Waals surface area contributed by atoms with E-state index >= 15 is 0 Å². The lowest BCUT2D eigenvalue weighted by atomic mass is 9.99. The molecule has 0 aromatic heterocycles. The van der Waals surface area contributed by atoms with Gasteiger partial charge < -0.3 is 10.6 Å². The fraction of sp³-hybridized carbons (Fsp3) is 0.625. The fourth-order valence-corrected chi connectivity index (χ4v) is 2.33. The first-order chi connectivity index (χ1) is 10.1. The van der Waals surface area contributed by atoms with Crippen molar-refractivity contribution >= 4 is 17.1 Å². The summed E-state index contributed by atoms with van der Waals surface area (Å²) in [5, 5.41) is 17.5. The van der Waals surface area contributed by atoms with Crippen molar-refractivity contribution in [1.82, 2.24) is 0 Å². The molecule has 0 amide bonds. The first-order valence-corrected chi connectivity index (χ1v) is 7.87. The third-order valence-electron chi connectivity index (χ3n) is 3.65. The fourth-order valence-electron chi connectivity index (χ4n) is 2.33. The molecule has 5 heteroatoms. The van der Waals surface area contributed by atoms with Crippen molar-refractivity contribution in [2.45, 2.75) is 46.5 Å². The normalized spacial score (nSPS) is 12.0. The number of nitro groups is 1. The lowest BCUT2D eigenvalue weighted by molar-refractivity contribution is -0.384. The molecule has 2 N–H and O–H groups in total. The first-order valence-electron chi connectivity index (χ1n) is 7.87. The van der Waals surface area contributed by atoms with Crippen LogP contribution in [0.5, 0.6) is 0 Å². The monoisotopic (exact) mass is 293 g/mol. The maximum Gasteiger partial charge on any atom is 0.273 e. The van der Waals surface area contributed by atoms with Gasteiger partial charge in [-0.2, -0.15) is 0 Å². The van der Waals surface area contributed by atoms with Gasteiger partial charge in [-0.25, -0.2) is 0 Å². The lowest BCUT2D eigenvalue weighted by Gasteiger charge is -2.16. The molecule has 1 unspecified atom stereocenters. The smallest absolute Gasteiger partial charge is 0.273 e. The Morgan fingerprint density at radius 1 is 1.14 bits per heavy atom. The van der Waals surface area contributed by atoms with Crippen molar-refractivity contribution in [3.8, 4) is 0 Å². The molecule has 0 saturated carbocycles. The standard InChI is InChI=1S/C16H27N3O2/c1-4-7-8-13(5-2)12-18-15-9-14(17-6-3)10-16(11-15)19(20)21/h9-11,13,17-18H,4-8,12H2,1-3H3. The highest BCUT2D eigenvalue weighted by molar-refractivity contribution is 5.63. The number of benzene rings is 1. The number of nitro benzene ring substituents is 1. The van der Waals surface area contributed by atoms with Gasteiger partial charge in [0.15, 0.2) is 0 Å². The third kappa shape index (κ3) is 6.02. The second kappa shape index (κ2) is 9.21. The molecule has 0 saturated heterocycles. The summed E-state index contributed by atoms with van der Waals surface area (Å²) in [6.07, 6.45) is 4.77. The topological polar surface area (TPSA) is 67.2 Å². The quantitative estimate of drug-likeness (QED) is 0.486. The van der Waals surface area contributed by atoms with Crippen molar-refractivity contribution in [3.05, 3.63) is 28.3 Å². The minimum Gasteiger partial charge on any atom is -0.385 e. The summed E-state index contributed by atoms with van der Waals surface area (Å²) in [5.74, 6) is 0.617. The summed E-state index contributed by atoms with van der Waals surface area (Å²) in [7, 11) is 0. The van der Waals surface area contributed by atoms with E-state index in [0.29, 0.717) is 5.92 Å². The van der Waals surface area contributed by atoms with Gasteiger partial charge in [0.2, 0.25) is 0 Å². The zero-order valence-corrected chi connectivity index (χ0v) is 13.3. The minimum atomic E-state index is -0.347. The van der Waals surface area contributed by atoms with Crippen molar-refractivity contribution in [2.24, 2.45) is 5.92 Å². The number of non-ortho nitro benzene ring substituents is 1. The molecule has 118 valence electrons. The number of hydrogen-bond acceptors (Lipinski definition) is 4. The van der Waals surface area contributed by atoms with Crippen LogP contribution < -0.4 is 10.6 Å². The molecule has 21 heavy (non-hydrogen) atoms. The van der Waals surface area contributed by atoms with Gasteiger partial charge in [0.05, 0.1) is 4.92 Å². The van der Waals surface area contributed by atoms with Gasteiger partial charge >= 0.3 is 0 Å². The van der Waals surface area contributed by atoms with E-state index in [1.165, 1.54) is 19.3 Å². The Morgan fingerprint density at radius 3 is 2.33 bits per heavy atom. The predicted octanol–water partition coefficient (Wildman–Crippen LogP) is 4.65. The zero-order valence-electron chi connectivity index (χ0n) is 13.3. The summed E-state index contributed by atoms with van der Waals surface area (Å²) in [5.41, 5.74) is 1.73. The largest absolute Gasteiger partial charge is 0.385 e. The maximum absolute atomic E-state index is 11.0. The molecule has 0 spiro atoms. The van der Waals surface area contributed by atoms with Crippen LogP contribution in [0.1, 0.15) is 46.5 Å². The van der Waals surface area contributed by atoms with Gasteiger partial charge in [-0.3, -0.25) is 10.1 Å². The highest BCUT2D eigenvalue weighted by Gasteiger charge is 2.11. The Morgan fingerprint density at radius 2 is 1.81 bits per heavy atom. The average Bonchev–Trinajstić information content (AvgIpc) is 2.47. The Labute approximate surface area is 127 Å². The van der Waals surface area contributed by atoms with E-state index in [4.69, 9.17) is 0 Å². The number of nitrogens with one attached hydrogen (secondary N) is 2. The molecule has 1 aromatic carbocycles. The molecule has 1 atom stereocenters. The minimum absolute atomic E-state index is 0.123. The molecule has 0 aliphatic rings. The molecule has 1 rings (SSSR count). The van der Waals surface area contributed by atoms with Crippen molar-refractivity contribution in [1.29, 1.82) is 0 Å². The van der Waals surface area contributed by atoms with Gasteiger partial charge in [0, 0.05) is 36.6 Å². The second-order valence-corrected chi connectivity index (χ2v) is 5.35. The number of nitrogens with zero attached hydrogens (tertiary/aromatic N) is 1. The van der Waals surface area contributed by atoms with Crippen molar-refractivity contribution < 1.29 is 4.92 Å². The third-order valence-corrected chi connectivity index (χ3v) is 3.65. The van der Waals surface area contributed by atoms with Crippen LogP contribution in [0, 0.1) is 16.0 Å². The number of hydrogen-bond donors (Lipinski definition) is 2.